The highest BCUT2D eigenvalue weighted by molar-refractivity contribution is 6.05. The number of amides is 3. The standard InChI is InChI=1S/C21H28N4O4/c1-24(21(13-22)7-9-29-10-8-21)11-14-3-2-4-15-16(14)12-25(20(15)28)17-5-6-18(26)23-19(17)27/h2-4,17H,5-13,22H2,1H3,(H,23,26,27). The second kappa shape index (κ2) is 7.85. The fraction of sp³-hybridized carbons (Fsp3) is 0.571. The molecule has 0 radical (unpaired) electrons. The van der Waals surface area contributed by atoms with E-state index in [1.807, 2.05) is 18.2 Å². The number of hydrogen-bond donors (Lipinski definition) is 2. The summed E-state index contributed by atoms with van der Waals surface area (Å²) >= 11 is 0. The van der Waals surface area contributed by atoms with Gasteiger partial charge in [0, 0.05) is 50.4 Å². The molecule has 0 bridgehead atoms. The van der Waals surface area contributed by atoms with Crippen LogP contribution in [-0.2, 0) is 27.4 Å². The monoisotopic (exact) mass is 400 g/mol. The van der Waals surface area contributed by atoms with Gasteiger partial charge in [-0.1, -0.05) is 12.1 Å². The lowest BCUT2D eigenvalue weighted by atomic mass is 9.87. The number of hydrogen-bond acceptors (Lipinski definition) is 6. The smallest absolute Gasteiger partial charge is 0.255 e. The van der Waals surface area contributed by atoms with Crippen LogP contribution in [0.2, 0.25) is 0 Å². The van der Waals surface area contributed by atoms with E-state index >= 15 is 0 Å². The zero-order valence-corrected chi connectivity index (χ0v) is 16.8. The molecule has 0 saturated carbocycles. The molecule has 3 heterocycles. The van der Waals surface area contributed by atoms with Crippen molar-refractivity contribution in [3.8, 4) is 0 Å². The van der Waals surface area contributed by atoms with Crippen LogP contribution in [0.1, 0.15) is 47.2 Å². The van der Waals surface area contributed by atoms with E-state index in [0.29, 0.717) is 44.8 Å². The number of carbonyl (C=O) groups is 3. The molecule has 0 aliphatic carbocycles. The average Bonchev–Trinajstić information content (AvgIpc) is 3.06. The maximum atomic E-state index is 13.0. The minimum Gasteiger partial charge on any atom is -0.381 e. The third kappa shape index (κ3) is 3.56. The van der Waals surface area contributed by atoms with Gasteiger partial charge >= 0.3 is 0 Å². The second-order valence-corrected chi connectivity index (χ2v) is 8.24. The molecule has 1 aromatic rings. The number of fused-ring (bicyclic) bond motifs is 1. The molecule has 2 fully saturated rings. The van der Waals surface area contributed by atoms with Crippen molar-refractivity contribution >= 4 is 17.7 Å². The van der Waals surface area contributed by atoms with Gasteiger partial charge in [-0.05, 0) is 43.5 Å². The molecule has 4 rings (SSSR count). The molecule has 8 heteroatoms. The van der Waals surface area contributed by atoms with E-state index in [0.717, 1.165) is 24.0 Å². The highest BCUT2D eigenvalue weighted by Gasteiger charge is 2.41. The Labute approximate surface area is 170 Å². The maximum Gasteiger partial charge on any atom is 0.255 e. The summed E-state index contributed by atoms with van der Waals surface area (Å²) in [6.45, 7) is 3.04. The zero-order chi connectivity index (χ0) is 20.6. The Hall–Kier alpha value is -2.29. The zero-order valence-electron chi connectivity index (χ0n) is 16.8. The topological polar surface area (TPSA) is 105 Å². The second-order valence-electron chi connectivity index (χ2n) is 8.24. The molecular formula is C21H28N4O4. The van der Waals surface area contributed by atoms with Crippen LogP contribution in [0.4, 0.5) is 0 Å². The normalized spacial score (nSPS) is 24.0. The number of likely N-dealkylation sites (N-methyl/N-ethyl adjacent to an activating group) is 1. The van der Waals surface area contributed by atoms with Gasteiger partial charge in [0.25, 0.3) is 5.91 Å². The number of benzene rings is 1. The van der Waals surface area contributed by atoms with Crippen molar-refractivity contribution in [1.29, 1.82) is 0 Å². The molecule has 1 unspecified atom stereocenters. The van der Waals surface area contributed by atoms with Crippen molar-refractivity contribution in [1.82, 2.24) is 15.1 Å². The lowest BCUT2D eigenvalue weighted by molar-refractivity contribution is -0.136. The molecule has 2 saturated heterocycles. The molecule has 0 spiro atoms. The summed E-state index contributed by atoms with van der Waals surface area (Å²) in [5.41, 5.74) is 8.73. The average molecular weight is 400 g/mol. The minimum atomic E-state index is -0.593. The predicted molar refractivity (Wildman–Crippen MR) is 106 cm³/mol. The van der Waals surface area contributed by atoms with Gasteiger partial charge in [-0.15, -0.1) is 0 Å². The number of carbonyl (C=O) groups excluding carboxylic acids is 3. The van der Waals surface area contributed by atoms with E-state index in [-0.39, 0.29) is 29.7 Å². The van der Waals surface area contributed by atoms with Crippen LogP contribution in [0.3, 0.4) is 0 Å². The first-order chi connectivity index (χ1) is 13.9. The number of ether oxygens (including phenoxy) is 1. The van der Waals surface area contributed by atoms with Gasteiger partial charge in [0.2, 0.25) is 11.8 Å². The SMILES string of the molecule is CN(Cc1cccc2c1CN(C1CCC(=O)NC1=O)C2=O)C1(CN)CCOCC1. The highest BCUT2D eigenvalue weighted by Crippen LogP contribution is 2.33. The van der Waals surface area contributed by atoms with Crippen LogP contribution >= 0.6 is 0 Å². The van der Waals surface area contributed by atoms with Crippen LogP contribution in [0, 0.1) is 0 Å². The van der Waals surface area contributed by atoms with Crippen LogP contribution in [-0.4, -0.2) is 65.9 Å². The Morgan fingerprint density at radius 1 is 1.28 bits per heavy atom. The van der Waals surface area contributed by atoms with E-state index in [9.17, 15) is 14.4 Å². The van der Waals surface area contributed by atoms with E-state index in [4.69, 9.17) is 10.5 Å². The molecule has 0 aromatic heterocycles. The van der Waals surface area contributed by atoms with Crippen molar-refractivity contribution in [3.05, 3.63) is 34.9 Å². The summed E-state index contributed by atoms with van der Waals surface area (Å²) < 4.78 is 5.52. The van der Waals surface area contributed by atoms with Crippen molar-refractivity contribution in [3.63, 3.8) is 0 Å². The number of piperidine rings is 1. The van der Waals surface area contributed by atoms with E-state index in [1.54, 1.807) is 4.90 Å². The molecule has 3 N–H and O–H groups in total. The van der Waals surface area contributed by atoms with Crippen LogP contribution in [0.15, 0.2) is 18.2 Å². The van der Waals surface area contributed by atoms with Gasteiger partial charge in [-0.25, -0.2) is 0 Å². The molecular weight excluding hydrogens is 372 g/mol. The Kier molecular flexibility index (Phi) is 5.42. The molecule has 1 atom stereocenters. The number of nitrogens with one attached hydrogen (secondary N) is 1. The van der Waals surface area contributed by atoms with Crippen LogP contribution in [0.5, 0.6) is 0 Å². The first kappa shape index (κ1) is 20.0. The molecule has 8 nitrogen and oxygen atoms in total. The van der Waals surface area contributed by atoms with Gasteiger partial charge < -0.3 is 15.4 Å². The number of nitrogens with two attached hydrogens (primary N) is 1. The molecule has 29 heavy (non-hydrogen) atoms. The van der Waals surface area contributed by atoms with Gasteiger partial charge in [-0.3, -0.25) is 24.6 Å². The summed E-state index contributed by atoms with van der Waals surface area (Å²) in [6.07, 6.45) is 2.40. The van der Waals surface area contributed by atoms with E-state index < -0.39 is 6.04 Å². The molecule has 1 aromatic carbocycles. The Morgan fingerprint density at radius 2 is 2.03 bits per heavy atom. The number of rotatable bonds is 5. The first-order valence-corrected chi connectivity index (χ1v) is 10.2. The summed E-state index contributed by atoms with van der Waals surface area (Å²) in [5.74, 6) is -0.801. The Balaban J connectivity index is 1.55. The predicted octanol–water partition coefficient (Wildman–Crippen LogP) is 0.387. The molecule has 156 valence electrons. The Bertz CT molecular complexity index is 834. The van der Waals surface area contributed by atoms with Crippen LogP contribution in [0.25, 0.3) is 0 Å². The number of nitrogens with zero attached hydrogens (tertiary/aromatic N) is 2. The highest BCUT2D eigenvalue weighted by atomic mass is 16.5. The van der Waals surface area contributed by atoms with Gasteiger partial charge in [0.15, 0.2) is 0 Å². The lowest BCUT2D eigenvalue weighted by Gasteiger charge is -2.44. The van der Waals surface area contributed by atoms with Gasteiger partial charge in [0.05, 0.1) is 0 Å². The molecule has 3 aliphatic heterocycles. The summed E-state index contributed by atoms with van der Waals surface area (Å²) in [5, 5.41) is 2.35. The van der Waals surface area contributed by atoms with Crippen molar-refractivity contribution < 1.29 is 19.1 Å². The van der Waals surface area contributed by atoms with E-state index in [2.05, 4.69) is 17.3 Å². The number of imide groups is 1. The third-order valence-electron chi connectivity index (χ3n) is 6.70. The van der Waals surface area contributed by atoms with Gasteiger partial charge in [-0.2, -0.15) is 0 Å². The molecule has 3 amide bonds. The summed E-state index contributed by atoms with van der Waals surface area (Å²) in [7, 11) is 2.08. The summed E-state index contributed by atoms with van der Waals surface area (Å²) in [4.78, 5) is 40.6. The molecule has 3 aliphatic rings. The maximum absolute atomic E-state index is 13.0. The Morgan fingerprint density at radius 3 is 2.72 bits per heavy atom. The van der Waals surface area contributed by atoms with Gasteiger partial charge in [0.1, 0.15) is 6.04 Å². The quantitative estimate of drug-likeness (QED) is 0.693. The first-order valence-electron chi connectivity index (χ1n) is 10.2. The van der Waals surface area contributed by atoms with E-state index in [1.165, 1.54) is 0 Å². The largest absolute Gasteiger partial charge is 0.381 e. The summed E-state index contributed by atoms with van der Waals surface area (Å²) in [6, 6.07) is 5.16. The lowest BCUT2D eigenvalue weighted by Crippen LogP contribution is -2.55. The fourth-order valence-corrected chi connectivity index (χ4v) is 4.71. The van der Waals surface area contributed by atoms with Crippen molar-refractivity contribution in [2.24, 2.45) is 5.73 Å². The third-order valence-corrected chi connectivity index (χ3v) is 6.70. The van der Waals surface area contributed by atoms with Crippen LogP contribution < -0.4 is 11.1 Å². The minimum absolute atomic E-state index is 0.104. The fourth-order valence-electron chi connectivity index (χ4n) is 4.71. The van der Waals surface area contributed by atoms with Crippen molar-refractivity contribution in [2.45, 2.75) is 50.4 Å². The van der Waals surface area contributed by atoms with Crippen molar-refractivity contribution in [2.75, 3.05) is 26.8 Å².